The minimum Gasteiger partial charge on any atom is -0.469 e. The zero-order valence-electron chi connectivity index (χ0n) is 10.7. The average molecular weight is 214 g/mol. The maximum atomic E-state index is 11.4. The monoisotopic (exact) mass is 214 g/mol. The molecule has 0 aliphatic rings. The summed E-state index contributed by atoms with van der Waals surface area (Å²) in [6, 6.07) is 0. The first kappa shape index (κ1) is 14.5. The summed E-state index contributed by atoms with van der Waals surface area (Å²) in [5.41, 5.74) is 0. The summed E-state index contributed by atoms with van der Waals surface area (Å²) < 4.78 is 4.78. The van der Waals surface area contributed by atoms with Crippen LogP contribution in [0.4, 0.5) is 0 Å². The third-order valence-electron chi connectivity index (χ3n) is 3.23. The zero-order chi connectivity index (χ0) is 11.7. The first-order valence-electron chi connectivity index (χ1n) is 6.25. The maximum absolute atomic E-state index is 11.4. The van der Waals surface area contributed by atoms with Gasteiger partial charge in [0, 0.05) is 0 Å². The fourth-order valence-electron chi connectivity index (χ4n) is 2.02. The molecule has 0 spiro atoms. The predicted molar refractivity (Wildman–Crippen MR) is 63.7 cm³/mol. The normalized spacial score (nSPS) is 14.7. The van der Waals surface area contributed by atoms with E-state index in [1.807, 2.05) is 6.92 Å². The molecule has 0 saturated carbocycles. The second-order valence-electron chi connectivity index (χ2n) is 4.33. The van der Waals surface area contributed by atoms with Crippen LogP contribution >= 0.6 is 0 Å². The lowest BCUT2D eigenvalue weighted by Crippen LogP contribution is -2.21. The van der Waals surface area contributed by atoms with Crippen LogP contribution < -0.4 is 0 Å². The van der Waals surface area contributed by atoms with Gasteiger partial charge < -0.3 is 4.74 Å². The summed E-state index contributed by atoms with van der Waals surface area (Å²) in [4.78, 5) is 11.4. The number of hydrogen-bond donors (Lipinski definition) is 0. The highest BCUT2D eigenvalue weighted by Crippen LogP contribution is 2.23. The molecule has 0 amide bonds. The third kappa shape index (κ3) is 5.81. The van der Waals surface area contributed by atoms with E-state index in [4.69, 9.17) is 4.74 Å². The second kappa shape index (κ2) is 8.75. The molecule has 0 saturated heterocycles. The molecule has 0 aromatic heterocycles. The smallest absolute Gasteiger partial charge is 0.308 e. The molecule has 0 aliphatic carbocycles. The van der Waals surface area contributed by atoms with Crippen LogP contribution in [0.3, 0.4) is 0 Å². The van der Waals surface area contributed by atoms with Crippen molar-refractivity contribution in [1.29, 1.82) is 0 Å². The van der Waals surface area contributed by atoms with Crippen LogP contribution in [-0.2, 0) is 9.53 Å². The first-order chi connectivity index (χ1) is 7.17. The molecule has 90 valence electrons. The summed E-state index contributed by atoms with van der Waals surface area (Å²) in [6.07, 6.45) is 7.34. The van der Waals surface area contributed by atoms with Gasteiger partial charge in [0.25, 0.3) is 0 Å². The molecule has 0 radical (unpaired) electrons. The summed E-state index contributed by atoms with van der Waals surface area (Å²) >= 11 is 0. The highest BCUT2D eigenvalue weighted by atomic mass is 16.5. The molecule has 2 unspecified atom stereocenters. The van der Waals surface area contributed by atoms with E-state index in [1.165, 1.54) is 32.8 Å². The Bertz CT molecular complexity index is 166. The molecular formula is C13H26O2. The predicted octanol–water partition coefficient (Wildman–Crippen LogP) is 3.79. The van der Waals surface area contributed by atoms with Crippen molar-refractivity contribution in [3.63, 3.8) is 0 Å². The molecule has 0 fully saturated rings. The van der Waals surface area contributed by atoms with Crippen LogP contribution in [0.2, 0.25) is 0 Å². The molecule has 2 heteroatoms. The highest BCUT2D eigenvalue weighted by molar-refractivity contribution is 5.72. The van der Waals surface area contributed by atoms with Gasteiger partial charge in [-0.15, -0.1) is 0 Å². The topological polar surface area (TPSA) is 26.3 Å². The van der Waals surface area contributed by atoms with E-state index in [2.05, 4.69) is 13.8 Å². The van der Waals surface area contributed by atoms with E-state index in [-0.39, 0.29) is 11.9 Å². The Morgan fingerprint density at radius 2 is 1.87 bits per heavy atom. The minimum atomic E-state index is -0.0580. The van der Waals surface area contributed by atoms with Gasteiger partial charge in [-0.05, 0) is 12.3 Å². The van der Waals surface area contributed by atoms with E-state index in [9.17, 15) is 4.79 Å². The Balaban J connectivity index is 3.85. The Kier molecular flexibility index (Phi) is 8.44. The van der Waals surface area contributed by atoms with Crippen molar-refractivity contribution >= 4 is 5.97 Å². The van der Waals surface area contributed by atoms with E-state index in [0.717, 1.165) is 12.8 Å². The van der Waals surface area contributed by atoms with Crippen molar-refractivity contribution < 1.29 is 9.53 Å². The lowest BCUT2D eigenvalue weighted by molar-refractivity contribution is -0.146. The number of rotatable bonds is 8. The average Bonchev–Trinajstić information content (AvgIpc) is 2.27. The van der Waals surface area contributed by atoms with E-state index >= 15 is 0 Å². The number of ether oxygens (including phenoxy) is 1. The van der Waals surface area contributed by atoms with Crippen molar-refractivity contribution in [2.24, 2.45) is 11.8 Å². The molecule has 0 aromatic carbocycles. The number of unbranched alkanes of at least 4 members (excludes halogenated alkanes) is 3. The molecule has 2 atom stereocenters. The molecule has 0 bridgehead atoms. The van der Waals surface area contributed by atoms with Gasteiger partial charge in [0.2, 0.25) is 0 Å². The number of carbonyl (C=O) groups is 1. The molecular weight excluding hydrogens is 188 g/mol. The van der Waals surface area contributed by atoms with E-state index < -0.39 is 0 Å². The Morgan fingerprint density at radius 3 is 2.33 bits per heavy atom. The number of hydrogen-bond acceptors (Lipinski definition) is 2. The third-order valence-corrected chi connectivity index (χ3v) is 3.23. The molecule has 0 rings (SSSR count). The standard InChI is InChI=1S/C13H26O2/c1-5-7-8-9-10-12(6-2)11(3)13(14)15-4/h11-12H,5-10H2,1-4H3. The first-order valence-corrected chi connectivity index (χ1v) is 6.25. The highest BCUT2D eigenvalue weighted by Gasteiger charge is 2.22. The van der Waals surface area contributed by atoms with Crippen molar-refractivity contribution in [1.82, 2.24) is 0 Å². The van der Waals surface area contributed by atoms with Crippen molar-refractivity contribution in [2.45, 2.75) is 59.3 Å². The summed E-state index contributed by atoms with van der Waals surface area (Å²) in [5.74, 6) is 0.494. The van der Waals surface area contributed by atoms with Gasteiger partial charge in [-0.3, -0.25) is 4.79 Å². The summed E-state index contributed by atoms with van der Waals surface area (Å²) in [5, 5.41) is 0. The van der Waals surface area contributed by atoms with E-state index in [0.29, 0.717) is 5.92 Å². The number of esters is 1. The lowest BCUT2D eigenvalue weighted by atomic mass is 9.87. The van der Waals surface area contributed by atoms with Crippen LogP contribution in [0.15, 0.2) is 0 Å². The van der Waals surface area contributed by atoms with E-state index in [1.54, 1.807) is 0 Å². The fourth-order valence-corrected chi connectivity index (χ4v) is 2.02. The summed E-state index contributed by atoms with van der Waals surface area (Å²) in [7, 11) is 1.47. The number of carbonyl (C=O) groups excluding carboxylic acids is 1. The molecule has 0 aliphatic heterocycles. The largest absolute Gasteiger partial charge is 0.469 e. The van der Waals surface area contributed by atoms with Crippen molar-refractivity contribution in [2.75, 3.05) is 7.11 Å². The molecule has 0 heterocycles. The molecule has 0 N–H and O–H groups in total. The van der Waals surface area contributed by atoms with Crippen LogP contribution in [0.25, 0.3) is 0 Å². The zero-order valence-corrected chi connectivity index (χ0v) is 10.7. The minimum absolute atomic E-state index is 0.0571. The van der Waals surface area contributed by atoms with Gasteiger partial charge in [0.15, 0.2) is 0 Å². The van der Waals surface area contributed by atoms with Crippen LogP contribution in [0.1, 0.15) is 59.3 Å². The van der Waals surface area contributed by atoms with Gasteiger partial charge >= 0.3 is 5.97 Å². The molecule has 2 nitrogen and oxygen atoms in total. The lowest BCUT2D eigenvalue weighted by Gasteiger charge is -2.20. The Hall–Kier alpha value is -0.530. The van der Waals surface area contributed by atoms with Gasteiger partial charge in [-0.1, -0.05) is 52.9 Å². The summed E-state index contributed by atoms with van der Waals surface area (Å²) in [6.45, 7) is 6.36. The van der Waals surface area contributed by atoms with Crippen molar-refractivity contribution in [3.05, 3.63) is 0 Å². The molecule has 0 aromatic rings. The van der Waals surface area contributed by atoms with Crippen molar-refractivity contribution in [3.8, 4) is 0 Å². The van der Waals surface area contributed by atoms with Crippen LogP contribution in [-0.4, -0.2) is 13.1 Å². The number of methoxy groups -OCH3 is 1. The maximum Gasteiger partial charge on any atom is 0.308 e. The molecule has 15 heavy (non-hydrogen) atoms. The Labute approximate surface area is 94.4 Å². The Morgan fingerprint density at radius 1 is 1.20 bits per heavy atom. The van der Waals surface area contributed by atoms with Gasteiger partial charge in [0.05, 0.1) is 13.0 Å². The van der Waals surface area contributed by atoms with Gasteiger partial charge in [-0.25, -0.2) is 0 Å². The quantitative estimate of drug-likeness (QED) is 0.454. The SMILES string of the molecule is CCCCCCC(CC)C(C)C(=O)OC. The van der Waals surface area contributed by atoms with Crippen LogP contribution in [0, 0.1) is 11.8 Å². The van der Waals surface area contributed by atoms with Gasteiger partial charge in [-0.2, -0.15) is 0 Å². The van der Waals surface area contributed by atoms with Gasteiger partial charge in [0.1, 0.15) is 0 Å². The second-order valence-corrected chi connectivity index (χ2v) is 4.33. The van der Waals surface area contributed by atoms with Crippen LogP contribution in [0.5, 0.6) is 0 Å². The fraction of sp³-hybridized carbons (Fsp3) is 0.923.